The van der Waals surface area contributed by atoms with Gasteiger partial charge in [-0.15, -0.1) is 11.3 Å². The van der Waals surface area contributed by atoms with E-state index >= 15 is 0 Å². The summed E-state index contributed by atoms with van der Waals surface area (Å²) in [5.41, 5.74) is 1.45. The molecule has 0 aliphatic carbocycles. The van der Waals surface area contributed by atoms with Crippen molar-refractivity contribution in [1.82, 2.24) is 0 Å². The van der Waals surface area contributed by atoms with Gasteiger partial charge in [0.1, 0.15) is 5.82 Å². The fourth-order valence-corrected chi connectivity index (χ4v) is 2.14. The average Bonchev–Trinajstić information content (AvgIpc) is 2.70. The smallest absolute Gasteiger partial charge is 0.160 e. The molecule has 3 heteroatoms. The molecule has 2 aromatic rings. The van der Waals surface area contributed by atoms with Crippen molar-refractivity contribution in [2.75, 3.05) is 0 Å². The molecule has 1 aromatic heterocycles. The molecule has 0 N–H and O–H groups in total. The summed E-state index contributed by atoms with van der Waals surface area (Å²) in [6.07, 6.45) is 0.804. The van der Waals surface area contributed by atoms with E-state index in [1.807, 2.05) is 12.1 Å². The summed E-state index contributed by atoms with van der Waals surface area (Å²) in [5.74, 6) is -0.214. The van der Waals surface area contributed by atoms with Crippen molar-refractivity contribution in [1.29, 1.82) is 0 Å². The second kappa shape index (κ2) is 3.95. The van der Waals surface area contributed by atoms with Crippen LogP contribution in [0.1, 0.15) is 15.2 Å². The van der Waals surface area contributed by atoms with Gasteiger partial charge in [-0.3, -0.25) is 4.79 Å². The van der Waals surface area contributed by atoms with Gasteiger partial charge in [-0.25, -0.2) is 4.39 Å². The zero-order chi connectivity index (χ0) is 10.8. The van der Waals surface area contributed by atoms with Crippen LogP contribution in [0.4, 0.5) is 4.39 Å². The minimum atomic E-state index is -0.214. The Morgan fingerprint density at radius 1 is 1.27 bits per heavy atom. The van der Waals surface area contributed by atoms with Crippen molar-refractivity contribution in [3.8, 4) is 10.4 Å². The molecule has 1 aromatic carbocycles. The average molecular weight is 220 g/mol. The lowest BCUT2D eigenvalue weighted by Gasteiger charge is -1.99. The number of hydrogen-bond acceptors (Lipinski definition) is 2. The van der Waals surface area contributed by atoms with E-state index in [4.69, 9.17) is 0 Å². The fraction of sp³-hybridized carbons (Fsp3) is 0.0833. The van der Waals surface area contributed by atoms with Crippen molar-refractivity contribution in [2.24, 2.45) is 0 Å². The van der Waals surface area contributed by atoms with Gasteiger partial charge in [0, 0.05) is 4.88 Å². The summed E-state index contributed by atoms with van der Waals surface area (Å²) in [7, 11) is 0. The number of halogens is 1. The minimum absolute atomic E-state index is 0.214. The molecule has 0 saturated carbocycles. The van der Waals surface area contributed by atoms with Gasteiger partial charge in [0.15, 0.2) is 6.29 Å². The van der Waals surface area contributed by atoms with Gasteiger partial charge < -0.3 is 0 Å². The second-order valence-electron chi connectivity index (χ2n) is 3.28. The molecule has 0 aliphatic rings. The van der Waals surface area contributed by atoms with Crippen LogP contribution < -0.4 is 0 Å². The molecule has 0 amide bonds. The number of aldehydes is 1. The minimum Gasteiger partial charge on any atom is -0.297 e. The van der Waals surface area contributed by atoms with Gasteiger partial charge in [0.2, 0.25) is 0 Å². The lowest BCUT2D eigenvalue weighted by molar-refractivity contribution is 0.112. The van der Waals surface area contributed by atoms with E-state index in [-0.39, 0.29) is 5.82 Å². The molecule has 2 rings (SSSR count). The van der Waals surface area contributed by atoms with Crippen LogP contribution in [0.2, 0.25) is 0 Å². The zero-order valence-electron chi connectivity index (χ0n) is 8.16. The Labute approximate surface area is 91.2 Å². The molecule has 0 saturated heterocycles. The third-order valence-electron chi connectivity index (χ3n) is 2.20. The number of rotatable bonds is 2. The fourth-order valence-electron chi connectivity index (χ4n) is 1.32. The van der Waals surface area contributed by atoms with Crippen LogP contribution in [-0.4, -0.2) is 6.29 Å². The topological polar surface area (TPSA) is 17.1 Å². The van der Waals surface area contributed by atoms with Crippen LogP contribution in [0.25, 0.3) is 10.4 Å². The first-order valence-electron chi connectivity index (χ1n) is 4.52. The van der Waals surface area contributed by atoms with Crippen molar-refractivity contribution >= 4 is 17.6 Å². The van der Waals surface area contributed by atoms with E-state index in [0.29, 0.717) is 10.4 Å². The van der Waals surface area contributed by atoms with Crippen molar-refractivity contribution in [3.63, 3.8) is 0 Å². The Hall–Kier alpha value is -1.48. The van der Waals surface area contributed by atoms with Crippen molar-refractivity contribution in [3.05, 3.63) is 46.6 Å². The standard InChI is InChI=1S/C12H9FOS/c1-8-2-3-9(6-11(8)13)12-5-4-10(7-14)15-12/h2-7H,1H3. The molecule has 0 spiro atoms. The molecular formula is C12H9FOS. The van der Waals surface area contributed by atoms with Crippen LogP contribution in [0.5, 0.6) is 0 Å². The molecule has 15 heavy (non-hydrogen) atoms. The Balaban J connectivity index is 2.44. The first-order valence-corrected chi connectivity index (χ1v) is 5.34. The van der Waals surface area contributed by atoms with E-state index in [1.54, 1.807) is 19.1 Å². The van der Waals surface area contributed by atoms with Crippen LogP contribution >= 0.6 is 11.3 Å². The number of carbonyl (C=O) groups is 1. The van der Waals surface area contributed by atoms with Gasteiger partial charge in [-0.1, -0.05) is 12.1 Å². The number of hydrogen-bond donors (Lipinski definition) is 0. The van der Waals surface area contributed by atoms with E-state index in [9.17, 15) is 9.18 Å². The van der Waals surface area contributed by atoms with E-state index in [1.165, 1.54) is 17.4 Å². The van der Waals surface area contributed by atoms with Gasteiger partial charge in [-0.05, 0) is 36.2 Å². The third-order valence-corrected chi connectivity index (χ3v) is 3.26. The van der Waals surface area contributed by atoms with Crippen LogP contribution in [0.15, 0.2) is 30.3 Å². The summed E-state index contributed by atoms with van der Waals surface area (Å²) in [6.45, 7) is 1.73. The monoisotopic (exact) mass is 220 g/mol. The molecule has 1 nitrogen and oxygen atoms in total. The highest BCUT2D eigenvalue weighted by Crippen LogP contribution is 2.28. The first-order chi connectivity index (χ1) is 7.20. The molecule has 0 fully saturated rings. The van der Waals surface area contributed by atoms with Gasteiger partial charge in [0.05, 0.1) is 4.88 Å². The highest BCUT2D eigenvalue weighted by atomic mass is 32.1. The maximum absolute atomic E-state index is 13.3. The third kappa shape index (κ3) is 1.97. The largest absolute Gasteiger partial charge is 0.297 e. The number of benzene rings is 1. The normalized spacial score (nSPS) is 10.3. The highest BCUT2D eigenvalue weighted by Gasteiger charge is 2.04. The zero-order valence-corrected chi connectivity index (χ0v) is 8.98. The summed E-state index contributed by atoms with van der Waals surface area (Å²) in [4.78, 5) is 12.1. The molecule has 0 unspecified atom stereocenters. The highest BCUT2D eigenvalue weighted by molar-refractivity contribution is 7.17. The predicted octanol–water partition coefficient (Wildman–Crippen LogP) is 3.68. The summed E-state index contributed by atoms with van der Waals surface area (Å²) < 4.78 is 13.3. The molecule has 1 heterocycles. The maximum atomic E-state index is 13.3. The first kappa shape index (κ1) is 10.1. The van der Waals surface area contributed by atoms with Crippen LogP contribution in [0.3, 0.4) is 0 Å². The lowest BCUT2D eigenvalue weighted by atomic mass is 10.1. The second-order valence-corrected chi connectivity index (χ2v) is 4.40. The molecule has 0 bridgehead atoms. The van der Waals surface area contributed by atoms with Crippen molar-refractivity contribution < 1.29 is 9.18 Å². The molecule has 0 aliphatic heterocycles. The summed E-state index contributed by atoms with van der Waals surface area (Å²) in [6, 6.07) is 8.67. The Kier molecular flexibility index (Phi) is 2.64. The predicted molar refractivity (Wildman–Crippen MR) is 59.8 cm³/mol. The summed E-state index contributed by atoms with van der Waals surface area (Å²) in [5, 5.41) is 0. The van der Waals surface area contributed by atoms with E-state index in [2.05, 4.69) is 0 Å². The molecular weight excluding hydrogens is 211 g/mol. The van der Waals surface area contributed by atoms with Crippen LogP contribution in [-0.2, 0) is 0 Å². The Bertz CT molecular complexity index is 502. The Morgan fingerprint density at radius 2 is 2.07 bits per heavy atom. The SMILES string of the molecule is Cc1ccc(-c2ccc(C=O)s2)cc1F. The van der Waals surface area contributed by atoms with Crippen LogP contribution in [0, 0.1) is 12.7 Å². The number of carbonyl (C=O) groups excluding carboxylic acids is 1. The number of aryl methyl sites for hydroxylation is 1. The Morgan fingerprint density at radius 3 is 2.67 bits per heavy atom. The quantitative estimate of drug-likeness (QED) is 0.706. The van der Waals surface area contributed by atoms with Gasteiger partial charge in [-0.2, -0.15) is 0 Å². The van der Waals surface area contributed by atoms with E-state index in [0.717, 1.165) is 16.7 Å². The van der Waals surface area contributed by atoms with E-state index < -0.39 is 0 Å². The molecule has 0 atom stereocenters. The summed E-state index contributed by atoms with van der Waals surface area (Å²) >= 11 is 1.37. The number of thiophene rings is 1. The molecule has 0 radical (unpaired) electrons. The van der Waals surface area contributed by atoms with Crippen molar-refractivity contribution in [2.45, 2.75) is 6.92 Å². The van der Waals surface area contributed by atoms with Gasteiger partial charge in [0.25, 0.3) is 0 Å². The lowest BCUT2D eigenvalue weighted by Crippen LogP contribution is -1.81. The maximum Gasteiger partial charge on any atom is 0.160 e. The van der Waals surface area contributed by atoms with Gasteiger partial charge >= 0.3 is 0 Å². The molecule has 76 valence electrons.